The second kappa shape index (κ2) is 8.82. The second-order valence-corrected chi connectivity index (χ2v) is 5.31. The van der Waals surface area contributed by atoms with E-state index in [-0.39, 0.29) is 5.69 Å². The Bertz CT molecular complexity index is 841. The van der Waals surface area contributed by atoms with Crippen LogP contribution in [0.15, 0.2) is 41.5 Å². The normalized spacial score (nSPS) is 10.5. The van der Waals surface area contributed by atoms with Gasteiger partial charge in [0, 0.05) is 5.69 Å². The third-order valence-corrected chi connectivity index (χ3v) is 3.42. The van der Waals surface area contributed by atoms with Crippen LogP contribution in [0.4, 0.5) is 10.1 Å². The maximum absolute atomic E-state index is 12.8. The Balaban J connectivity index is 1.99. The van der Waals surface area contributed by atoms with E-state index in [1.165, 1.54) is 32.6 Å². The van der Waals surface area contributed by atoms with E-state index in [0.29, 0.717) is 22.1 Å². The number of anilines is 1. The first-order valence-electron chi connectivity index (χ1n) is 7.26. The molecule has 0 saturated heterocycles. The van der Waals surface area contributed by atoms with Crippen molar-refractivity contribution < 1.29 is 23.5 Å². The highest BCUT2D eigenvalue weighted by atomic mass is 35.5. The molecule has 9 heteroatoms. The van der Waals surface area contributed by atoms with Gasteiger partial charge in [-0.1, -0.05) is 11.6 Å². The summed E-state index contributed by atoms with van der Waals surface area (Å²) >= 11 is 6.06. The van der Waals surface area contributed by atoms with Gasteiger partial charge in [-0.25, -0.2) is 9.82 Å². The smallest absolute Gasteiger partial charge is 0.329 e. The van der Waals surface area contributed by atoms with Crippen molar-refractivity contribution in [2.24, 2.45) is 5.10 Å². The minimum atomic E-state index is -0.989. The van der Waals surface area contributed by atoms with Crippen molar-refractivity contribution in [3.8, 4) is 11.5 Å². The van der Waals surface area contributed by atoms with Crippen molar-refractivity contribution in [2.45, 2.75) is 0 Å². The molecule has 2 amide bonds. The topological polar surface area (TPSA) is 89.0 Å². The highest BCUT2D eigenvalue weighted by Gasteiger charge is 2.13. The second-order valence-electron chi connectivity index (χ2n) is 4.90. The average molecular weight is 380 g/mol. The van der Waals surface area contributed by atoms with Crippen molar-refractivity contribution in [1.29, 1.82) is 0 Å². The summed E-state index contributed by atoms with van der Waals surface area (Å²) in [6, 6.07) is 8.12. The fourth-order valence-electron chi connectivity index (χ4n) is 1.95. The van der Waals surface area contributed by atoms with Crippen LogP contribution in [0.3, 0.4) is 0 Å². The predicted molar refractivity (Wildman–Crippen MR) is 95.3 cm³/mol. The van der Waals surface area contributed by atoms with Gasteiger partial charge in [-0.2, -0.15) is 5.10 Å². The van der Waals surface area contributed by atoms with Gasteiger partial charge in [0.15, 0.2) is 11.5 Å². The fourth-order valence-corrected chi connectivity index (χ4v) is 2.25. The van der Waals surface area contributed by atoms with Crippen molar-refractivity contribution in [3.05, 3.63) is 52.8 Å². The van der Waals surface area contributed by atoms with Crippen LogP contribution in [0.2, 0.25) is 5.02 Å². The van der Waals surface area contributed by atoms with E-state index >= 15 is 0 Å². The van der Waals surface area contributed by atoms with Crippen molar-refractivity contribution >= 4 is 35.3 Å². The van der Waals surface area contributed by atoms with E-state index < -0.39 is 17.6 Å². The van der Waals surface area contributed by atoms with Crippen LogP contribution in [0.1, 0.15) is 5.56 Å². The Hall–Kier alpha value is -3.13. The van der Waals surface area contributed by atoms with E-state index in [2.05, 4.69) is 15.8 Å². The number of carbonyl (C=O) groups is 2. The lowest BCUT2D eigenvalue weighted by Crippen LogP contribution is -2.32. The molecule has 0 radical (unpaired) electrons. The summed E-state index contributed by atoms with van der Waals surface area (Å²) in [5, 5.41) is 6.30. The lowest BCUT2D eigenvalue weighted by atomic mass is 10.2. The van der Waals surface area contributed by atoms with Gasteiger partial charge in [0.2, 0.25) is 0 Å². The van der Waals surface area contributed by atoms with E-state index in [9.17, 15) is 14.0 Å². The number of hydrogen-bond donors (Lipinski definition) is 2. The molecule has 0 heterocycles. The number of nitrogens with zero attached hydrogens (tertiary/aromatic N) is 1. The molecule has 0 bridgehead atoms. The van der Waals surface area contributed by atoms with Crippen LogP contribution in [0.5, 0.6) is 11.5 Å². The number of nitrogens with one attached hydrogen (secondary N) is 2. The summed E-state index contributed by atoms with van der Waals surface area (Å²) in [5.74, 6) is -1.63. The van der Waals surface area contributed by atoms with E-state index in [1.54, 1.807) is 12.1 Å². The molecule has 0 fully saturated rings. The van der Waals surface area contributed by atoms with Gasteiger partial charge in [0.25, 0.3) is 0 Å². The molecule has 7 nitrogen and oxygen atoms in total. The zero-order chi connectivity index (χ0) is 19.1. The summed E-state index contributed by atoms with van der Waals surface area (Å²) < 4.78 is 23.1. The number of methoxy groups -OCH3 is 2. The first-order valence-corrected chi connectivity index (χ1v) is 7.64. The van der Waals surface area contributed by atoms with Gasteiger partial charge in [-0.3, -0.25) is 9.59 Å². The summed E-state index contributed by atoms with van der Waals surface area (Å²) in [7, 11) is 2.91. The molecule has 0 saturated carbocycles. The van der Waals surface area contributed by atoms with Gasteiger partial charge in [-0.15, -0.1) is 0 Å². The van der Waals surface area contributed by atoms with Crippen molar-refractivity contribution in [1.82, 2.24) is 5.43 Å². The zero-order valence-corrected chi connectivity index (χ0v) is 14.6. The van der Waals surface area contributed by atoms with Crippen LogP contribution in [-0.4, -0.2) is 32.2 Å². The molecule has 0 aliphatic heterocycles. The van der Waals surface area contributed by atoms with Crippen LogP contribution in [0.25, 0.3) is 0 Å². The van der Waals surface area contributed by atoms with Gasteiger partial charge >= 0.3 is 11.8 Å². The molecule has 2 rings (SSSR count). The number of benzene rings is 2. The molecule has 2 aromatic rings. The first-order chi connectivity index (χ1) is 12.4. The van der Waals surface area contributed by atoms with E-state index in [4.69, 9.17) is 21.1 Å². The Morgan fingerprint density at radius 3 is 2.42 bits per heavy atom. The van der Waals surface area contributed by atoms with Crippen LogP contribution in [0, 0.1) is 5.82 Å². The number of ether oxygens (including phenoxy) is 2. The quantitative estimate of drug-likeness (QED) is 0.474. The number of halogens is 2. The molecule has 0 aromatic heterocycles. The molecule has 0 aliphatic carbocycles. The standard InChI is InChI=1S/C17H15ClFN3O4/c1-25-14-8-10(7-13(18)15(14)26-2)9-20-22-17(24)16(23)21-12-5-3-11(19)4-6-12/h3-9H,1-2H3,(H,21,23)(H,22,24)/b20-9-. The highest BCUT2D eigenvalue weighted by molar-refractivity contribution is 6.39. The monoisotopic (exact) mass is 379 g/mol. The van der Waals surface area contributed by atoms with Crippen LogP contribution >= 0.6 is 11.6 Å². The molecule has 2 N–H and O–H groups in total. The van der Waals surface area contributed by atoms with E-state index in [1.807, 2.05) is 0 Å². The number of amides is 2. The van der Waals surface area contributed by atoms with Gasteiger partial charge in [-0.05, 0) is 42.0 Å². The Morgan fingerprint density at radius 1 is 1.12 bits per heavy atom. The van der Waals surface area contributed by atoms with Crippen molar-refractivity contribution in [3.63, 3.8) is 0 Å². The molecule has 136 valence electrons. The molecular formula is C17H15ClFN3O4. The summed E-state index contributed by atoms with van der Waals surface area (Å²) in [6.45, 7) is 0. The van der Waals surface area contributed by atoms with Crippen molar-refractivity contribution in [2.75, 3.05) is 19.5 Å². The van der Waals surface area contributed by atoms with Gasteiger partial charge in [0.1, 0.15) is 5.82 Å². The molecular weight excluding hydrogens is 365 g/mol. The summed E-state index contributed by atoms with van der Waals surface area (Å²) in [6.07, 6.45) is 1.29. The molecule has 0 spiro atoms. The average Bonchev–Trinajstić information content (AvgIpc) is 2.62. The third-order valence-electron chi connectivity index (χ3n) is 3.14. The molecule has 26 heavy (non-hydrogen) atoms. The number of rotatable bonds is 5. The summed E-state index contributed by atoms with van der Waals surface area (Å²) in [4.78, 5) is 23.4. The first kappa shape index (κ1) is 19.2. The van der Waals surface area contributed by atoms with Gasteiger partial charge in [0.05, 0.1) is 25.5 Å². The lowest BCUT2D eigenvalue weighted by Gasteiger charge is -2.09. The maximum Gasteiger partial charge on any atom is 0.329 e. The lowest BCUT2D eigenvalue weighted by molar-refractivity contribution is -0.136. The Kier molecular flexibility index (Phi) is 6.51. The summed E-state index contributed by atoms with van der Waals surface area (Å²) in [5.41, 5.74) is 2.88. The van der Waals surface area contributed by atoms with Crippen LogP contribution < -0.4 is 20.2 Å². The number of hydrogen-bond acceptors (Lipinski definition) is 5. The van der Waals surface area contributed by atoms with E-state index in [0.717, 1.165) is 12.1 Å². The third kappa shape index (κ3) is 4.93. The molecule has 0 aliphatic rings. The zero-order valence-electron chi connectivity index (χ0n) is 13.9. The largest absolute Gasteiger partial charge is 0.493 e. The Labute approximate surface area is 153 Å². The number of hydrazone groups is 1. The predicted octanol–water partition coefficient (Wildman–Crippen LogP) is 2.59. The molecule has 0 unspecified atom stereocenters. The molecule has 0 atom stereocenters. The minimum Gasteiger partial charge on any atom is -0.493 e. The maximum atomic E-state index is 12.8. The Morgan fingerprint density at radius 2 is 1.81 bits per heavy atom. The van der Waals surface area contributed by atoms with Crippen LogP contribution in [-0.2, 0) is 9.59 Å². The number of carbonyl (C=O) groups excluding carboxylic acids is 2. The molecule has 2 aromatic carbocycles. The SMILES string of the molecule is COc1cc(/C=N\NC(=O)C(=O)Nc2ccc(F)cc2)cc(Cl)c1OC. The highest BCUT2D eigenvalue weighted by Crippen LogP contribution is 2.35. The van der Waals surface area contributed by atoms with Gasteiger partial charge < -0.3 is 14.8 Å². The fraction of sp³-hybridized carbons (Fsp3) is 0.118. The minimum absolute atomic E-state index is 0.280.